The van der Waals surface area contributed by atoms with E-state index in [1.165, 1.54) is 25.9 Å². The third-order valence-electron chi connectivity index (χ3n) is 4.04. The summed E-state index contributed by atoms with van der Waals surface area (Å²) in [7, 11) is 0. The Morgan fingerprint density at radius 2 is 2.10 bits per heavy atom. The van der Waals surface area contributed by atoms with Gasteiger partial charge in [0.25, 0.3) is 0 Å². The van der Waals surface area contributed by atoms with Crippen LogP contribution in [0.15, 0.2) is 12.1 Å². The summed E-state index contributed by atoms with van der Waals surface area (Å²) in [5.41, 5.74) is 7.94. The smallest absolute Gasteiger partial charge is 0.337 e. The van der Waals surface area contributed by atoms with Crippen LogP contribution in [0.3, 0.4) is 0 Å². The first kappa shape index (κ1) is 15.6. The molecule has 2 rings (SSSR count). The number of hydrogen-bond donors (Lipinski definition) is 3. The molecule has 21 heavy (non-hydrogen) atoms. The summed E-state index contributed by atoms with van der Waals surface area (Å²) in [6.07, 6.45) is 2.61. The molecule has 0 bridgehead atoms. The molecule has 4 N–H and O–H groups in total. The summed E-state index contributed by atoms with van der Waals surface area (Å²) in [4.78, 5) is 13.7. The van der Waals surface area contributed by atoms with Crippen molar-refractivity contribution in [1.29, 1.82) is 0 Å². The Labute approximate surface area is 126 Å². The molecule has 0 saturated carbocycles. The molecule has 1 atom stereocenters. The van der Waals surface area contributed by atoms with Gasteiger partial charge in [-0.1, -0.05) is 6.92 Å². The Bertz CT molecular complexity index is 510. The molecule has 1 heterocycles. The lowest BCUT2D eigenvalue weighted by Gasteiger charge is -2.21. The fourth-order valence-electron chi connectivity index (χ4n) is 2.84. The Balaban J connectivity index is 1.94. The molecule has 0 aromatic heterocycles. The largest absolute Gasteiger partial charge is 0.478 e. The molecule has 1 aromatic carbocycles. The lowest BCUT2D eigenvalue weighted by atomic mass is 10.1. The van der Waals surface area contributed by atoms with E-state index < -0.39 is 5.97 Å². The fraction of sp³-hybridized carbons (Fsp3) is 0.562. The van der Waals surface area contributed by atoms with E-state index >= 15 is 0 Å². The van der Waals surface area contributed by atoms with Crippen molar-refractivity contribution in [2.75, 3.05) is 37.2 Å². The quantitative estimate of drug-likeness (QED) is 0.702. The number of carbonyl (C=O) groups is 1. The Morgan fingerprint density at radius 3 is 2.71 bits per heavy atom. The van der Waals surface area contributed by atoms with Crippen LogP contribution in [0, 0.1) is 12.8 Å². The van der Waals surface area contributed by atoms with Gasteiger partial charge in [-0.3, -0.25) is 0 Å². The number of carboxylic acids is 1. The van der Waals surface area contributed by atoms with E-state index in [2.05, 4.69) is 17.1 Å². The normalized spacial score (nSPS) is 16.9. The van der Waals surface area contributed by atoms with E-state index in [0.717, 1.165) is 24.3 Å². The monoisotopic (exact) mass is 291 g/mol. The zero-order valence-corrected chi connectivity index (χ0v) is 12.9. The van der Waals surface area contributed by atoms with Crippen LogP contribution in [0.4, 0.5) is 11.4 Å². The second-order valence-corrected chi connectivity index (χ2v) is 6.05. The van der Waals surface area contributed by atoms with Gasteiger partial charge in [0.1, 0.15) is 0 Å². The second-order valence-electron chi connectivity index (χ2n) is 6.05. The van der Waals surface area contributed by atoms with Gasteiger partial charge in [-0.25, -0.2) is 4.79 Å². The molecular weight excluding hydrogens is 266 g/mol. The lowest BCUT2D eigenvalue weighted by molar-refractivity contribution is 0.0698. The summed E-state index contributed by atoms with van der Waals surface area (Å²) < 4.78 is 0. The van der Waals surface area contributed by atoms with Crippen molar-refractivity contribution in [3.8, 4) is 0 Å². The molecule has 5 nitrogen and oxygen atoms in total. The highest BCUT2D eigenvalue weighted by Gasteiger charge is 2.15. The number of aromatic carboxylic acids is 1. The zero-order valence-electron chi connectivity index (χ0n) is 12.9. The van der Waals surface area contributed by atoms with Gasteiger partial charge >= 0.3 is 5.97 Å². The van der Waals surface area contributed by atoms with Gasteiger partial charge in [-0.2, -0.15) is 0 Å². The van der Waals surface area contributed by atoms with Gasteiger partial charge in [0.05, 0.1) is 5.56 Å². The summed E-state index contributed by atoms with van der Waals surface area (Å²) in [5, 5.41) is 12.5. The molecule has 1 aliphatic rings. The average molecular weight is 291 g/mol. The van der Waals surface area contributed by atoms with Crippen LogP contribution < -0.4 is 11.1 Å². The molecule has 5 heteroatoms. The molecule has 0 amide bonds. The predicted octanol–water partition coefficient (Wildman–Crippen LogP) is 2.42. The average Bonchev–Trinajstić information content (AvgIpc) is 2.92. The van der Waals surface area contributed by atoms with E-state index in [1.807, 2.05) is 13.0 Å². The van der Waals surface area contributed by atoms with Gasteiger partial charge in [-0.15, -0.1) is 0 Å². The van der Waals surface area contributed by atoms with Gasteiger partial charge in [0, 0.05) is 24.5 Å². The second kappa shape index (κ2) is 6.80. The molecule has 1 fully saturated rings. The van der Waals surface area contributed by atoms with Gasteiger partial charge in [0.15, 0.2) is 0 Å². The third-order valence-corrected chi connectivity index (χ3v) is 4.04. The van der Waals surface area contributed by atoms with Crippen molar-refractivity contribution in [2.24, 2.45) is 5.92 Å². The molecule has 1 saturated heterocycles. The van der Waals surface area contributed by atoms with Gasteiger partial charge in [-0.05, 0) is 56.5 Å². The number of hydrogen-bond acceptors (Lipinski definition) is 4. The highest BCUT2D eigenvalue weighted by Crippen LogP contribution is 2.23. The molecule has 0 aliphatic carbocycles. The SMILES string of the molecule is Cc1cc(NCC(C)CN2CCCC2)cc(C(=O)O)c1N. The number of anilines is 2. The van der Waals surface area contributed by atoms with E-state index in [-0.39, 0.29) is 5.56 Å². The molecule has 1 aromatic rings. The minimum absolute atomic E-state index is 0.171. The minimum Gasteiger partial charge on any atom is -0.478 e. The summed E-state index contributed by atoms with van der Waals surface area (Å²) in [6.45, 7) is 8.38. The van der Waals surface area contributed by atoms with Crippen LogP contribution in [0.2, 0.25) is 0 Å². The maximum atomic E-state index is 11.2. The number of rotatable bonds is 6. The van der Waals surface area contributed by atoms with Crippen LogP contribution in [0.1, 0.15) is 35.7 Å². The maximum absolute atomic E-state index is 11.2. The molecule has 116 valence electrons. The molecule has 1 unspecified atom stereocenters. The van der Waals surface area contributed by atoms with Crippen molar-refractivity contribution in [3.05, 3.63) is 23.3 Å². The van der Waals surface area contributed by atoms with Crippen LogP contribution in [-0.4, -0.2) is 42.2 Å². The van der Waals surface area contributed by atoms with Crippen LogP contribution in [0.5, 0.6) is 0 Å². The van der Waals surface area contributed by atoms with Crippen molar-refractivity contribution in [2.45, 2.75) is 26.7 Å². The van der Waals surface area contributed by atoms with E-state index in [4.69, 9.17) is 10.8 Å². The Morgan fingerprint density at radius 1 is 1.43 bits per heavy atom. The van der Waals surface area contributed by atoms with Crippen molar-refractivity contribution in [3.63, 3.8) is 0 Å². The molecule has 1 aliphatic heterocycles. The number of nitrogens with zero attached hydrogens (tertiary/aromatic N) is 1. The maximum Gasteiger partial charge on any atom is 0.337 e. The lowest BCUT2D eigenvalue weighted by Crippen LogP contribution is -2.28. The summed E-state index contributed by atoms with van der Waals surface area (Å²) in [6, 6.07) is 3.53. The molecular formula is C16H25N3O2. The number of aryl methyl sites for hydroxylation is 1. The highest BCUT2D eigenvalue weighted by atomic mass is 16.4. The molecule has 0 radical (unpaired) electrons. The Kier molecular flexibility index (Phi) is 5.07. The van der Waals surface area contributed by atoms with Gasteiger partial charge < -0.3 is 21.1 Å². The van der Waals surface area contributed by atoms with Crippen LogP contribution in [-0.2, 0) is 0 Å². The fourth-order valence-corrected chi connectivity index (χ4v) is 2.84. The topological polar surface area (TPSA) is 78.6 Å². The van der Waals surface area contributed by atoms with Crippen LogP contribution in [0.25, 0.3) is 0 Å². The van der Waals surface area contributed by atoms with Crippen molar-refractivity contribution in [1.82, 2.24) is 4.90 Å². The first-order valence-electron chi connectivity index (χ1n) is 7.57. The summed E-state index contributed by atoms with van der Waals surface area (Å²) in [5.74, 6) is -0.460. The summed E-state index contributed by atoms with van der Waals surface area (Å²) >= 11 is 0. The third kappa shape index (κ3) is 4.11. The number of nitrogens with two attached hydrogens (primary N) is 1. The zero-order chi connectivity index (χ0) is 15.4. The van der Waals surface area contributed by atoms with E-state index in [9.17, 15) is 4.79 Å². The molecule has 0 spiro atoms. The number of nitrogens with one attached hydrogen (secondary N) is 1. The number of likely N-dealkylation sites (tertiary alicyclic amines) is 1. The van der Waals surface area contributed by atoms with Crippen LogP contribution >= 0.6 is 0 Å². The highest BCUT2D eigenvalue weighted by molar-refractivity contribution is 5.95. The number of nitrogen functional groups attached to an aromatic ring is 1. The standard InChI is InChI=1S/C16H25N3O2/c1-11(10-19-5-3-4-6-19)9-18-13-7-12(2)15(17)14(8-13)16(20)21/h7-8,11,18H,3-6,9-10,17H2,1-2H3,(H,20,21). The number of benzene rings is 1. The van der Waals surface area contributed by atoms with E-state index in [1.54, 1.807) is 6.07 Å². The first-order valence-corrected chi connectivity index (χ1v) is 7.57. The number of carboxylic acid groups (broad SMARTS) is 1. The minimum atomic E-state index is -0.982. The van der Waals surface area contributed by atoms with E-state index in [0.29, 0.717) is 11.6 Å². The Hall–Kier alpha value is -1.75. The van der Waals surface area contributed by atoms with Crippen molar-refractivity contribution < 1.29 is 9.90 Å². The first-order chi connectivity index (χ1) is 9.97. The van der Waals surface area contributed by atoms with Gasteiger partial charge in [0.2, 0.25) is 0 Å². The van der Waals surface area contributed by atoms with Crippen molar-refractivity contribution >= 4 is 17.3 Å². The predicted molar refractivity (Wildman–Crippen MR) is 85.9 cm³/mol.